The first kappa shape index (κ1) is 19.0. The van der Waals surface area contributed by atoms with Crippen molar-refractivity contribution >= 4 is 39.4 Å². The van der Waals surface area contributed by atoms with E-state index in [0.717, 1.165) is 48.2 Å². The number of rotatable bonds is 4. The number of aromatic amines is 1. The number of fused-ring (bicyclic) bond motifs is 5. The van der Waals surface area contributed by atoms with E-state index in [0.29, 0.717) is 29.0 Å². The lowest BCUT2D eigenvalue weighted by Gasteiger charge is -2.32. The molecule has 0 aliphatic carbocycles. The molecule has 164 valence electrons. The lowest BCUT2D eigenvalue weighted by Crippen LogP contribution is -2.41. The van der Waals surface area contributed by atoms with Crippen molar-refractivity contribution in [1.82, 2.24) is 30.2 Å². The Hall–Kier alpha value is -3.73. The maximum Gasteiger partial charge on any atom is 0.326 e. The molecule has 0 spiro atoms. The molecule has 11 heteroatoms. The zero-order valence-electron chi connectivity index (χ0n) is 17.4. The molecule has 6 rings (SSSR count). The molecule has 32 heavy (non-hydrogen) atoms. The molecule has 3 aromatic heterocycles. The van der Waals surface area contributed by atoms with Gasteiger partial charge < -0.3 is 31.0 Å². The molecule has 0 saturated carbocycles. The van der Waals surface area contributed by atoms with E-state index >= 15 is 0 Å². The maximum atomic E-state index is 14.4. The second-order valence-electron chi connectivity index (χ2n) is 8.30. The highest BCUT2D eigenvalue weighted by Crippen LogP contribution is 2.38. The molecule has 2 unspecified atom stereocenters. The van der Waals surface area contributed by atoms with Gasteiger partial charge in [0.15, 0.2) is 5.75 Å². The van der Waals surface area contributed by atoms with Gasteiger partial charge in [-0.2, -0.15) is 9.97 Å². The van der Waals surface area contributed by atoms with Gasteiger partial charge in [-0.1, -0.05) is 0 Å². The summed E-state index contributed by atoms with van der Waals surface area (Å²) >= 11 is 0. The number of nitrogens with zero attached hydrogens (tertiary/aromatic N) is 5. The molecule has 2 atom stereocenters. The first-order valence-corrected chi connectivity index (χ1v) is 10.5. The SMILES string of the molecule is CNc1cc(F)cc2c1[nH]c1nc(Oc3cnc(N)nc3)nc(N3CC4CNC(C4)C3)c12. The fourth-order valence-electron chi connectivity index (χ4n) is 4.79. The standard InChI is InChI=1S/C21H22FN9O/c1-24-15-4-11(22)3-14-16-18(28-17(14)15)29-21(32-13-6-26-20(23)27-7-13)30-19(16)31-8-10-2-12(9-31)25-5-10/h3-4,6-7,10,12,24-25H,2,5,8-9H2,1H3,(H2,23,26,27)(H,28,29,30). The average molecular weight is 435 g/mol. The second kappa shape index (κ2) is 7.16. The molecule has 1 aromatic carbocycles. The predicted molar refractivity (Wildman–Crippen MR) is 120 cm³/mol. The number of ether oxygens (including phenoxy) is 1. The van der Waals surface area contributed by atoms with Gasteiger partial charge in [0.25, 0.3) is 0 Å². The van der Waals surface area contributed by atoms with Crippen molar-refractivity contribution in [3.05, 3.63) is 30.3 Å². The third kappa shape index (κ3) is 3.12. The van der Waals surface area contributed by atoms with Gasteiger partial charge in [0.2, 0.25) is 5.95 Å². The van der Waals surface area contributed by atoms with Crippen LogP contribution < -0.4 is 26.0 Å². The van der Waals surface area contributed by atoms with Crippen LogP contribution >= 0.6 is 0 Å². The lowest BCUT2D eigenvalue weighted by molar-refractivity contribution is 0.435. The Morgan fingerprint density at radius 3 is 2.84 bits per heavy atom. The van der Waals surface area contributed by atoms with E-state index in [1.54, 1.807) is 7.05 Å². The van der Waals surface area contributed by atoms with Crippen LogP contribution in [0.5, 0.6) is 11.8 Å². The molecule has 5 heterocycles. The van der Waals surface area contributed by atoms with Crippen LogP contribution in [0.3, 0.4) is 0 Å². The first-order valence-electron chi connectivity index (χ1n) is 10.5. The van der Waals surface area contributed by atoms with E-state index < -0.39 is 0 Å². The summed E-state index contributed by atoms with van der Waals surface area (Å²) in [5, 5.41) is 8.12. The highest BCUT2D eigenvalue weighted by molar-refractivity contribution is 6.14. The van der Waals surface area contributed by atoms with Gasteiger partial charge >= 0.3 is 6.01 Å². The largest absolute Gasteiger partial charge is 0.421 e. The van der Waals surface area contributed by atoms with E-state index in [4.69, 9.17) is 15.5 Å². The van der Waals surface area contributed by atoms with Crippen LogP contribution in [0, 0.1) is 11.7 Å². The Morgan fingerprint density at radius 2 is 2.06 bits per heavy atom. The summed E-state index contributed by atoms with van der Waals surface area (Å²) < 4.78 is 20.3. The van der Waals surface area contributed by atoms with Crippen molar-refractivity contribution in [2.75, 3.05) is 42.6 Å². The Morgan fingerprint density at radius 1 is 1.22 bits per heavy atom. The van der Waals surface area contributed by atoms with E-state index in [9.17, 15) is 4.39 Å². The number of benzene rings is 1. The summed E-state index contributed by atoms with van der Waals surface area (Å²) in [5.74, 6) is 1.47. The molecule has 2 aliphatic heterocycles. The number of hydrogen-bond donors (Lipinski definition) is 4. The molecule has 4 aromatic rings. The van der Waals surface area contributed by atoms with Crippen LogP contribution in [0.1, 0.15) is 6.42 Å². The topological polar surface area (TPSA) is 130 Å². The number of hydrogen-bond acceptors (Lipinski definition) is 9. The van der Waals surface area contributed by atoms with Gasteiger partial charge in [-0.3, -0.25) is 0 Å². The minimum absolute atomic E-state index is 0.156. The van der Waals surface area contributed by atoms with Crippen molar-refractivity contribution in [2.24, 2.45) is 5.92 Å². The smallest absolute Gasteiger partial charge is 0.326 e. The molecule has 2 saturated heterocycles. The number of nitrogens with one attached hydrogen (secondary N) is 3. The fraction of sp³-hybridized carbons (Fsp3) is 0.333. The van der Waals surface area contributed by atoms with E-state index in [1.165, 1.54) is 24.5 Å². The highest BCUT2D eigenvalue weighted by atomic mass is 19.1. The number of nitrogen functional groups attached to an aromatic ring is 1. The normalized spacial score (nSPS) is 20.2. The Bertz CT molecular complexity index is 1310. The predicted octanol–water partition coefficient (Wildman–Crippen LogP) is 2.25. The molecular weight excluding hydrogens is 413 g/mol. The number of nitrogens with two attached hydrogens (primary N) is 1. The van der Waals surface area contributed by atoms with E-state index in [-0.39, 0.29) is 17.8 Å². The Kier molecular flexibility index (Phi) is 4.25. The molecule has 10 nitrogen and oxygen atoms in total. The average Bonchev–Trinajstić information content (AvgIpc) is 3.33. The second-order valence-corrected chi connectivity index (χ2v) is 8.30. The maximum absolute atomic E-state index is 14.4. The van der Waals surface area contributed by atoms with Gasteiger partial charge in [-0.15, -0.1) is 0 Å². The van der Waals surface area contributed by atoms with E-state index in [2.05, 4.69) is 35.5 Å². The molecule has 5 N–H and O–H groups in total. The van der Waals surface area contributed by atoms with Crippen LogP contribution in [0.2, 0.25) is 0 Å². The summed E-state index contributed by atoms with van der Waals surface area (Å²) in [7, 11) is 1.76. The van der Waals surface area contributed by atoms with Gasteiger partial charge in [0.1, 0.15) is 17.3 Å². The summed E-state index contributed by atoms with van der Waals surface area (Å²) in [4.78, 5) is 22.8. The van der Waals surface area contributed by atoms with Crippen molar-refractivity contribution in [2.45, 2.75) is 12.5 Å². The molecule has 2 fully saturated rings. The Labute approximate surface area is 182 Å². The number of H-pyrrole nitrogens is 1. The van der Waals surface area contributed by atoms with Crippen molar-refractivity contribution in [1.29, 1.82) is 0 Å². The molecule has 2 aliphatic rings. The highest BCUT2D eigenvalue weighted by Gasteiger charge is 2.34. The number of halogens is 1. The summed E-state index contributed by atoms with van der Waals surface area (Å²) in [5.41, 5.74) is 7.56. The summed E-state index contributed by atoms with van der Waals surface area (Å²) in [6.45, 7) is 2.67. The molecule has 2 bridgehead atoms. The van der Waals surface area contributed by atoms with Crippen LogP contribution in [-0.2, 0) is 0 Å². The molecular formula is C21H22FN9O. The van der Waals surface area contributed by atoms with Crippen LogP contribution in [0.25, 0.3) is 21.9 Å². The minimum atomic E-state index is -0.326. The van der Waals surface area contributed by atoms with Gasteiger partial charge in [-0.25, -0.2) is 14.4 Å². The zero-order chi connectivity index (χ0) is 21.8. The van der Waals surface area contributed by atoms with Crippen LogP contribution in [0.4, 0.5) is 21.8 Å². The van der Waals surface area contributed by atoms with Crippen molar-refractivity contribution in [3.8, 4) is 11.8 Å². The van der Waals surface area contributed by atoms with Gasteiger partial charge in [-0.05, 0) is 24.5 Å². The Balaban J connectivity index is 1.54. The fourth-order valence-corrected chi connectivity index (χ4v) is 4.79. The number of aromatic nitrogens is 5. The van der Waals surface area contributed by atoms with Crippen molar-refractivity contribution < 1.29 is 9.13 Å². The molecule has 0 amide bonds. The summed E-state index contributed by atoms with van der Waals surface area (Å²) in [6, 6.07) is 3.54. The lowest BCUT2D eigenvalue weighted by atomic mass is 9.99. The number of anilines is 3. The quantitative estimate of drug-likeness (QED) is 0.381. The third-order valence-corrected chi connectivity index (χ3v) is 6.14. The third-order valence-electron chi connectivity index (χ3n) is 6.14. The zero-order valence-corrected chi connectivity index (χ0v) is 17.4. The minimum Gasteiger partial charge on any atom is -0.421 e. The van der Waals surface area contributed by atoms with Gasteiger partial charge in [0, 0.05) is 38.1 Å². The monoisotopic (exact) mass is 435 g/mol. The number of piperidine rings is 1. The molecule has 0 radical (unpaired) electrons. The van der Waals surface area contributed by atoms with Gasteiger partial charge in [0.05, 0.1) is 29.0 Å². The van der Waals surface area contributed by atoms with E-state index in [1.807, 2.05) is 0 Å². The van der Waals surface area contributed by atoms with Crippen molar-refractivity contribution in [3.63, 3.8) is 0 Å². The van der Waals surface area contributed by atoms with Crippen LogP contribution in [0.15, 0.2) is 24.5 Å². The summed E-state index contributed by atoms with van der Waals surface area (Å²) in [6.07, 6.45) is 4.10. The first-order chi connectivity index (χ1) is 15.6. The van der Waals surface area contributed by atoms with Crippen LogP contribution in [-0.4, -0.2) is 57.6 Å².